The number of pyridine rings is 2. The number of hydrogen-bond donors (Lipinski definition) is 2. The van der Waals surface area contributed by atoms with Gasteiger partial charge >= 0.3 is 0 Å². The average Bonchev–Trinajstić information content (AvgIpc) is 2.37. The van der Waals surface area contributed by atoms with Crippen molar-refractivity contribution in [1.82, 2.24) is 9.97 Å². The summed E-state index contributed by atoms with van der Waals surface area (Å²) in [5.41, 5.74) is 1.45. The Morgan fingerprint density at radius 2 is 1.95 bits per heavy atom. The minimum atomic E-state index is -3.27. The number of aromatic nitrogens is 2. The lowest BCUT2D eigenvalue weighted by molar-refractivity contribution is 0.472. The molecule has 0 unspecified atom stereocenters. The lowest BCUT2D eigenvalue weighted by Gasteiger charge is -2.06. The maximum absolute atomic E-state index is 11.2. The molecule has 0 spiro atoms. The van der Waals surface area contributed by atoms with E-state index in [1.807, 2.05) is 0 Å². The highest BCUT2D eigenvalue weighted by Gasteiger charge is 2.07. The number of rotatable bonds is 4. The van der Waals surface area contributed by atoms with Crippen molar-refractivity contribution in [2.75, 3.05) is 11.6 Å². The van der Waals surface area contributed by atoms with E-state index in [9.17, 15) is 8.42 Å². The van der Waals surface area contributed by atoms with E-state index < -0.39 is 9.84 Å². The molecular weight excluding hydrogens is 266 g/mol. The van der Waals surface area contributed by atoms with Crippen LogP contribution in [0.5, 0.6) is 5.75 Å². The fourth-order valence-electron chi connectivity index (χ4n) is 1.42. The van der Waals surface area contributed by atoms with Gasteiger partial charge in [0.05, 0.1) is 30.3 Å². The van der Waals surface area contributed by atoms with Gasteiger partial charge in [0, 0.05) is 6.26 Å². The fourth-order valence-corrected chi connectivity index (χ4v) is 1.98. The summed E-state index contributed by atoms with van der Waals surface area (Å²) in [6, 6.07) is 6.33. The summed E-state index contributed by atoms with van der Waals surface area (Å²) in [6.07, 6.45) is 3.93. The van der Waals surface area contributed by atoms with Gasteiger partial charge in [-0.3, -0.25) is 4.98 Å². The van der Waals surface area contributed by atoms with Crippen LogP contribution in [-0.2, 0) is 16.4 Å². The summed E-state index contributed by atoms with van der Waals surface area (Å²) in [6.45, 7) is 0.459. The molecule has 0 aliphatic carbocycles. The molecular formula is C12H13N3O3S. The maximum atomic E-state index is 11.2. The standard InChI is InChI=1S/C12H13N3O3S/c1-19(17,18)12-5-3-10(7-15-12)13-6-9-2-4-11(16)8-14-9/h2-5,7-8,13,16H,6H2,1H3. The molecule has 6 nitrogen and oxygen atoms in total. The Hall–Kier alpha value is -2.15. The third-order valence-corrected chi connectivity index (χ3v) is 3.40. The van der Waals surface area contributed by atoms with Gasteiger partial charge in [-0.05, 0) is 24.3 Å². The molecule has 0 aromatic carbocycles. The fraction of sp³-hybridized carbons (Fsp3) is 0.167. The van der Waals surface area contributed by atoms with Crippen LogP contribution < -0.4 is 5.32 Å². The Morgan fingerprint density at radius 1 is 1.16 bits per heavy atom. The zero-order chi connectivity index (χ0) is 13.9. The first kappa shape index (κ1) is 13.3. The van der Waals surface area contributed by atoms with Gasteiger partial charge in [0.15, 0.2) is 14.9 Å². The second kappa shape index (κ2) is 5.23. The van der Waals surface area contributed by atoms with Crippen LogP contribution >= 0.6 is 0 Å². The summed E-state index contributed by atoms with van der Waals surface area (Å²) < 4.78 is 22.5. The van der Waals surface area contributed by atoms with Crippen molar-refractivity contribution in [3.63, 3.8) is 0 Å². The molecule has 2 aromatic rings. The average molecular weight is 279 g/mol. The van der Waals surface area contributed by atoms with Crippen molar-refractivity contribution in [3.8, 4) is 5.75 Å². The molecule has 0 fully saturated rings. The minimum absolute atomic E-state index is 0.0424. The van der Waals surface area contributed by atoms with Crippen molar-refractivity contribution in [2.45, 2.75) is 11.6 Å². The molecule has 2 aromatic heterocycles. The van der Waals surface area contributed by atoms with Gasteiger partial charge in [-0.25, -0.2) is 13.4 Å². The summed E-state index contributed by atoms with van der Waals surface area (Å²) in [5.74, 6) is 0.114. The summed E-state index contributed by atoms with van der Waals surface area (Å²) >= 11 is 0. The Bertz CT molecular complexity index is 652. The van der Waals surface area contributed by atoms with Crippen molar-refractivity contribution < 1.29 is 13.5 Å². The van der Waals surface area contributed by atoms with E-state index in [0.29, 0.717) is 12.2 Å². The second-order valence-corrected chi connectivity index (χ2v) is 5.98. The number of hydrogen-bond acceptors (Lipinski definition) is 6. The number of sulfone groups is 1. The van der Waals surface area contributed by atoms with Gasteiger partial charge in [0.2, 0.25) is 0 Å². The van der Waals surface area contributed by atoms with E-state index >= 15 is 0 Å². The van der Waals surface area contributed by atoms with Crippen LogP contribution in [0.25, 0.3) is 0 Å². The highest BCUT2D eigenvalue weighted by Crippen LogP contribution is 2.12. The molecule has 2 rings (SSSR count). The molecule has 0 saturated heterocycles. The highest BCUT2D eigenvalue weighted by atomic mass is 32.2. The lowest BCUT2D eigenvalue weighted by Crippen LogP contribution is -2.04. The minimum Gasteiger partial charge on any atom is -0.506 e. The molecule has 19 heavy (non-hydrogen) atoms. The molecule has 0 amide bonds. The third-order valence-electron chi connectivity index (χ3n) is 2.40. The van der Waals surface area contributed by atoms with Crippen molar-refractivity contribution in [2.24, 2.45) is 0 Å². The van der Waals surface area contributed by atoms with Crippen LogP contribution in [-0.4, -0.2) is 29.7 Å². The predicted molar refractivity (Wildman–Crippen MR) is 70.6 cm³/mol. The zero-order valence-electron chi connectivity index (χ0n) is 10.2. The summed E-state index contributed by atoms with van der Waals surface area (Å²) in [7, 11) is -3.27. The first-order valence-corrected chi connectivity index (χ1v) is 7.38. The van der Waals surface area contributed by atoms with E-state index in [1.165, 1.54) is 18.5 Å². The largest absolute Gasteiger partial charge is 0.506 e. The van der Waals surface area contributed by atoms with Gasteiger partial charge in [-0.2, -0.15) is 0 Å². The monoisotopic (exact) mass is 279 g/mol. The van der Waals surface area contributed by atoms with Crippen molar-refractivity contribution in [3.05, 3.63) is 42.4 Å². The molecule has 7 heteroatoms. The molecule has 2 N–H and O–H groups in total. The topological polar surface area (TPSA) is 92.2 Å². The summed E-state index contributed by atoms with van der Waals surface area (Å²) in [5, 5.41) is 12.2. The quantitative estimate of drug-likeness (QED) is 0.873. The van der Waals surface area contributed by atoms with Crippen molar-refractivity contribution in [1.29, 1.82) is 0 Å². The number of nitrogens with zero attached hydrogens (tertiary/aromatic N) is 2. The molecule has 0 bridgehead atoms. The van der Waals surface area contributed by atoms with Crippen LogP contribution in [0.15, 0.2) is 41.7 Å². The second-order valence-electron chi connectivity index (χ2n) is 4.02. The van der Waals surface area contributed by atoms with Crippen LogP contribution in [0.3, 0.4) is 0 Å². The van der Waals surface area contributed by atoms with E-state index in [4.69, 9.17) is 5.11 Å². The van der Waals surface area contributed by atoms with Gasteiger partial charge < -0.3 is 10.4 Å². The Balaban J connectivity index is 2.02. The Morgan fingerprint density at radius 3 is 2.47 bits per heavy atom. The van der Waals surface area contributed by atoms with Gasteiger partial charge in [0.1, 0.15) is 5.75 Å². The SMILES string of the molecule is CS(=O)(=O)c1ccc(NCc2ccc(O)cn2)cn1. The van der Waals surface area contributed by atoms with E-state index in [0.717, 1.165) is 11.9 Å². The van der Waals surface area contributed by atoms with Crippen LogP contribution in [0.2, 0.25) is 0 Å². The molecule has 2 heterocycles. The van der Waals surface area contributed by atoms with E-state index in [-0.39, 0.29) is 10.8 Å². The van der Waals surface area contributed by atoms with Gasteiger partial charge in [-0.1, -0.05) is 0 Å². The Kier molecular flexibility index (Phi) is 3.66. The number of aromatic hydroxyl groups is 1. The van der Waals surface area contributed by atoms with E-state index in [2.05, 4.69) is 15.3 Å². The smallest absolute Gasteiger partial charge is 0.192 e. The molecule has 0 aliphatic heterocycles. The van der Waals surface area contributed by atoms with Crippen LogP contribution in [0, 0.1) is 0 Å². The van der Waals surface area contributed by atoms with E-state index in [1.54, 1.807) is 18.2 Å². The number of anilines is 1. The highest BCUT2D eigenvalue weighted by molar-refractivity contribution is 7.90. The third kappa shape index (κ3) is 3.65. The normalized spacial score (nSPS) is 11.2. The molecule has 0 atom stereocenters. The van der Waals surface area contributed by atoms with Crippen LogP contribution in [0.1, 0.15) is 5.69 Å². The first-order valence-electron chi connectivity index (χ1n) is 5.49. The summed E-state index contributed by atoms with van der Waals surface area (Å²) in [4.78, 5) is 7.89. The lowest BCUT2D eigenvalue weighted by atomic mass is 10.3. The predicted octanol–water partition coefficient (Wildman–Crippen LogP) is 1.20. The van der Waals surface area contributed by atoms with Crippen LogP contribution in [0.4, 0.5) is 5.69 Å². The molecule has 0 aliphatic rings. The first-order chi connectivity index (χ1) is 8.95. The molecule has 0 saturated carbocycles. The zero-order valence-corrected chi connectivity index (χ0v) is 11.1. The van der Waals surface area contributed by atoms with Crippen molar-refractivity contribution >= 4 is 15.5 Å². The molecule has 100 valence electrons. The van der Waals surface area contributed by atoms with Gasteiger partial charge in [0.25, 0.3) is 0 Å². The Labute approximate surface area is 111 Å². The number of nitrogens with one attached hydrogen (secondary N) is 1. The van der Waals surface area contributed by atoms with Gasteiger partial charge in [-0.15, -0.1) is 0 Å². The maximum Gasteiger partial charge on any atom is 0.192 e. The molecule has 0 radical (unpaired) electrons.